The van der Waals surface area contributed by atoms with E-state index in [0.717, 1.165) is 16.8 Å². The van der Waals surface area contributed by atoms with E-state index < -0.39 is 0 Å². The summed E-state index contributed by atoms with van der Waals surface area (Å²) in [6.45, 7) is 1.85. The minimum absolute atomic E-state index is 0.112. The van der Waals surface area contributed by atoms with E-state index in [1.54, 1.807) is 18.2 Å². The van der Waals surface area contributed by atoms with Gasteiger partial charge in [-0.3, -0.25) is 9.59 Å². The number of ether oxygens (including phenoxy) is 1. The molecule has 1 fully saturated rings. The normalized spacial score (nSPS) is 15.0. The van der Waals surface area contributed by atoms with Gasteiger partial charge in [0.2, 0.25) is 0 Å². The van der Waals surface area contributed by atoms with Gasteiger partial charge in [0, 0.05) is 5.69 Å². The maximum Gasteiger partial charge on any atom is 0.263 e. The average molecular weight is 463 g/mol. The molecule has 0 unspecified atom stereocenters. The van der Waals surface area contributed by atoms with Crippen LogP contribution in [0, 0.1) is 6.92 Å². The highest BCUT2D eigenvalue weighted by Crippen LogP contribution is 2.30. The van der Waals surface area contributed by atoms with E-state index in [1.165, 1.54) is 11.8 Å². The Morgan fingerprint density at radius 2 is 2.15 bits per heavy atom. The molecule has 27 heavy (non-hydrogen) atoms. The van der Waals surface area contributed by atoms with Gasteiger partial charge in [0.15, 0.2) is 6.61 Å². The summed E-state index contributed by atoms with van der Waals surface area (Å²) in [6, 6.07) is 12.9. The highest BCUT2D eigenvalue weighted by molar-refractivity contribution is 9.10. The minimum Gasteiger partial charge on any atom is -0.483 e. The molecule has 2 N–H and O–H groups in total. The van der Waals surface area contributed by atoms with Crippen LogP contribution in [0.4, 0.5) is 5.69 Å². The smallest absolute Gasteiger partial charge is 0.263 e. The number of amides is 2. The van der Waals surface area contributed by atoms with Gasteiger partial charge in [-0.05, 0) is 64.3 Å². The van der Waals surface area contributed by atoms with E-state index in [4.69, 9.17) is 17.0 Å². The van der Waals surface area contributed by atoms with Crippen molar-refractivity contribution in [1.29, 1.82) is 0 Å². The minimum atomic E-state index is -0.244. The number of thioether (sulfide) groups is 1. The van der Waals surface area contributed by atoms with Gasteiger partial charge in [0.05, 0.1) is 9.38 Å². The number of thiocarbonyl (C=S) groups is 1. The largest absolute Gasteiger partial charge is 0.483 e. The Morgan fingerprint density at radius 3 is 2.81 bits per heavy atom. The quantitative estimate of drug-likeness (QED) is 0.513. The summed E-state index contributed by atoms with van der Waals surface area (Å²) < 4.78 is 6.71. The molecule has 8 heteroatoms. The fraction of sp³-hybridized carbons (Fsp3) is 0.105. The Kier molecular flexibility index (Phi) is 6.30. The van der Waals surface area contributed by atoms with E-state index in [1.807, 2.05) is 37.3 Å². The lowest BCUT2D eigenvalue weighted by molar-refractivity contribution is -0.118. The monoisotopic (exact) mass is 462 g/mol. The van der Waals surface area contributed by atoms with Crippen LogP contribution >= 0.6 is 39.9 Å². The third kappa shape index (κ3) is 5.41. The summed E-state index contributed by atoms with van der Waals surface area (Å²) in [5, 5.41) is 5.37. The first kappa shape index (κ1) is 19.6. The molecule has 2 aromatic rings. The van der Waals surface area contributed by atoms with Crippen LogP contribution in [0.1, 0.15) is 11.1 Å². The summed E-state index contributed by atoms with van der Waals surface area (Å²) >= 11 is 9.63. The van der Waals surface area contributed by atoms with Crippen molar-refractivity contribution in [2.75, 3.05) is 11.9 Å². The first-order chi connectivity index (χ1) is 12.9. The number of nitrogens with one attached hydrogen (secondary N) is 2. The van der Waals surface area contributed by atoms with Crippen molar-refractivity contribution >= 4 is 67.8 Å². The lowest BCUT2D eigenvalue weighted by atomic mass is 10.2. The number of carbonyl (C=O) groups is 2. The maximum absolute atomic E-state index is 12.1. The SMILES string of the molecule is Cc1cccc(NC(=O)COc2ccc(/C=C3\SC(=S)NC3=O)cc2Br)c1. The van der Waals surface area contributed by atoms with Gasteiger partial charge in [-0.25, -0.2) is 0 Å². The molecule has 2 aromatic carbocycles. The van der Waals surface area contributed by atoms with Crippen LogP contribution < -0.4 is 15.4 Å². The van der Waals surface area contributed by atoms with Crippen LogP contribution in [0.2, 0.25) is 0 Å². The van der Waals surface area contributed by atoms with Gasteiger partial charge in [-0.1, -0.05) is 42.2 Å². The molecular weight excluding hydrogens is 448 g/mol. The van der Waals surface area contributed by atoms with Crippen LogP contribution in [0.15, 0.2) is 51.8 Å². The van der Waals surface area contributed by atoms with E-state index in [2.05, 4.69) is 26.6 Å². The van der Waals surface area contributed by atoms with E-state index in [-0.39, 0.29) is 18.4 Å². The second kappa shape index (κ2) is 8.69. The van der Waals surface area contributed by atoms with E-state index >= 15 is 0 Å². The molecule has 0 radical (unpaired) electrons. The molecule has 138 valence electrons. The fourth-order valence-corrected chi connectivity index (χ4v) is 3.91. The Hall–Kier alpha value is -2.16. The fourth-order valence-electron chi connectivity index (χ4n) is 2.36. The zero-order chi connectivity index (χ0) is 19.4. The summed E-state index contributed by atoms with van der Waals surface area (Å²) in [4.78, 5) is 24.3. The molecular formula is C19H15BrN2O3S2. The third-order valence-electron chi connectivity index (χ3n) is 3.56. The number of hydrogen-bond acceptors (Lipinski definition) is 5. The predicted molar refractivity (Wildman–Crippen MR) is 116 cm³/mol. The summed E-state index contributed by atoms with van der Waals surface area (Å²) in [7, 11) is 0. The molecule has 0 bridgehead atoms. The average Bonchev–Trinajstić information content (AvgIpc) is 2.91. The van der Waals surface area contributed by atoms with Crippen molar-refractivity contribution in [3.63, 3.8) is 0 Å². The Balaban J connectivity index is 1.61. The highest BCUT2D eigenvalue weighted by Gasteiger charge is 2.22. The Labute approximate surface area is 174 Å². The van der Waals surface area contributed by atoms with Crippen molar-refractivity contribution in [1.82, 2.24) is 5.32 Å². The van der Waals surface area contributed by atoms with Crippen LogP contribution in [0.3, 0.4) is 0 Å². The van der Waals surface area contributed by atoms with Gasteiger partial charge in [0.1, 0.15) is 10.1 Å². The van der Waals surface area contributed by atoms with E-state index in [9.17, 15) is 9.59 Å². The van der Waals surface area contributed by atoms with Crippen molar-refractivity contribution in [2.24, 2.45) is 0 Å². The molecule has 5 nitrogen and oxygen atoms in total. The van der Waals surface area contributed by atoms with Crippen molar-refractivity contribution in [2.45, 2.75) is 6.92 Å². The van der Waals surface area contributed by atoms with Gasteiger partial charge in [0.25, 0.3) is 11.8 Å². The molecule has 0 atom stereocenters. The van der Waals surface area contributed by atoms with Gasteiger partial charge in [-0.2, -0.15) is 0 Å². The lowest BCUT2D eigenvalue weighted by Gasteiger charge is -2.10. The molecule has 0 aliphatic carbocycles. The number of halogens is 1. The predicted octanol–water partition coefficient (Wildman–Crippen LogP) is 4.26. The number of benzene rings is 2. The molecule has 2 amide bonds. The number of anilines is 1. The first-order valence-electron chi connectivity index (χ1n) is 7.94. The molecule has 1 aliphatic rings. The van der Waals surface area contributed by atoms with Crippen molar-refractivity contribution in [3.8, 4) is 5.75 Å². The molecule has 3 rings (SSSR count). The second-order valence-corrected chi connectivity index (χ2v) is 8.32. The number of hydrogen-bond donors (Lipinski definition) is 2. The molecule has 1 heterocycles. The summed E-state index contributed by atoms with van der Waals surface area (Å²) in [6.07, 6.45) is 1.75. The second-order valence-electron chi connectivity index (χ2n) is 5.75. The van der Waals surface area contributed by atoms with Gasteiger partial charge >= 0.3 is 0 Å². The number of rotatable bonds is 5. The highest BCUT2D eigenvalue weighted by atomic mass is 79.9. The van der Waals surface area contributed by atoms with Crippen LogP contribution in [0.5, 0.6) is 5.75 Å². The standard InChI is InChI=1S/C19H15BrN2O3S2/c1-11-3-2-4-13(7-11)21-17(23)10-25-15-6-5-12(8-14(15)20)9-16-18(24)22-19(26)27-16/h2-9H,10H2,1H3,(H,21,23)(H,22,24,26)/b16-9-. The van der Waals surface area contributed by atoms with Crippen LogP contribution in [-0.4, -0.2) is 22.7 Å². The number of carbonyl (C=O) groups excluding carboxylic acids is 2. The summed E-state index contributed by atoms with van der Waals surface area (Å²) in [5.41, 5.74) is 2.62. The molecule has 0 aromatic heterocycles. The Morgan fingerprint density at radius 1 is 1.33 bits per heavy atom. The zero-order valence-corrected chi connectivity index (χ0v) is 17.5. The van der Waals surface area contributed by atoms with Crippen molar-refractivity contribution in [3.05, 3.63) is 63.0 Å². The first-order valence-corrected chi connectivity index (χ1v) is 9.96. The Bertz CT molecular complexity index is 960. The summed E-state index contributed by atoms with van der Waals surface area (Å²) in [5.74, 6) is 0.0936. The number of aryl methyl sites for hydroxylation is 1. The third-order valence-corrected chi connectivity index (χ3v) is 5.34. The van der Waals surface area contributed by atoms with Gasteiger partial charge in [-0.15, -0.1) is 0 Å². The zero-order valence-electron chi connectivity index (χ0n) is 14.2. The molecule has 0 saturated carbocycles. The van der Waals surface area contributed by atoms with Crippen LogP contribution in [-0.2, 0) is 9.59 Å². The van der Waals surface area contributed by atoms with Gasteiger partial charge < -0.3 is 15.4 Å². The molecule has 0 spiro atoms. The maximum atomic E-state index is 12.1. The molecule has 1 aliphatic heterocycles. The lowest BCUT2D eigenvalue weighted by Crippen LogP contribution is -2.20. The molecule has 1 saturated heterocycles. The topological polar surface area (TPSA) is 67.4 Å². The van der Waals surface area contributed by atoms with E-state index in [0.29, 0.717) is 19.4 Å². The van der Waals surface area contributed by atoms with Crippen molar-refractivity contribution < 1.29 is 14.3 Å². The van der Waals surface area contributed by atoms with Crippen LogP contribution in [0.25, 0.3) is 6.08 Å².